The van der Waals surface area contributed by atoms with E-state index in [4.69, 9.17) is 4.42 Å². The van der Waals surface area contributed by atoms with Crippen molar-refractivity contribution in [1.82, 2.24) is 0 Å². The summed E-state index contributed by atoms with van der Waals surface area (Å²) < 4.78 is 5.66. The van der Waals surface area contributed by atoms with Gasteiger partial charge in [-0.15, -0.1) is 0 Å². The summed E-state index contributed by atoms with van der Waals surface area (Å²) in [7, 11) is 0. The first-order valence-corrected chi connectivity index (χ1v) is 6.25. The standard InChI is InChI=1S/C15H15NO2/c1-10-13(11-5-2-3-6-12(11)18-10)14(17)15(9-16)7-4-8-15/h2-3,5-6,14,17H,4,7-8H2,1H3. The summed E-state index contributed by atoms with van der Waals surface area (Å²) in [6, 6.07) is 9.96. The maximum Gasteiger partial charge on any atom is 0.134 e. The van der Waals surface area contributed by atoms with Gasteiger partial charge in [-0.2, -0.15) is 5.26 Å². The number of fused-ring (bicyclic) bond motifs is 1. The predicted octanol–water partition coefficient (Wildman–Crippen LogP) is 3.47. The van der Waals surface area contributed by atoms with Crippen LogP contribution in [0.1, 0.15) is 36.7 Å². The van der Waals surface area contributed by atoms with Gasteiger partial charge in [0.1, 0.15) is 17.4 Å². The molecule has 1 saturated carbocycles. The normalized spacial score (nSPS) is 19.2. The van der Waals surface area contributed by atoms with E-state index in [9.17, 15) is 10.4 Å². The van der Waals surface area contributed by atoms with E-state index >= 15 is 0 Å². The van der Waals surface area contributed by atoms with Gasteiger partial charge in [0.25, 0.3) is 0 Å². The van der Waals surface area contributed by atoms with Crippen molar-refractivity contribution in [3.8, 4) is 6.07 Å². The highest BCUT2D eigenvalue weighted by Crippen LogP contribution is 2.51. The third-order valence-electron chi connectivity index (χ3n) is 4.08. The van der Waals surface area contributed by atoms with Crippen LogP contribution in [0.4, 0.5) is 0 Å². The van der Waals surface area contributed by atoms with E-state index < -0.39 is 11.5 Å². The highest BCUT2D eigenvalue weighted by atomic mass is 16.3. The Labute approximate surface area is 106 Å². The summed E-state index contributed by atoms with van der Waals surface area (Å²) in [5.41, 5.74) is 0.945. The Morgan fingerprint density at radius 1 is 1.39 bits per heavy atom. The average Bonchev–Trinajstić information content (AvgIpc) is 2.63. The molecular formula is C15H15NO2. The van der Waals surface area contributed by atoms with Gasteiger partial charge >= 0.3 is 0 Å². The van der Waals surface area contributed by atoms with Crippen LogP contribution >= 0.6 is 0 Å². The molecule has 1 aliphatic carbocycles. The molecule has 0 aliphatic heterocycles. The molecule has 1 heterocycles. The van der Waals surface area contributed by atoms with Gasteiger partial charge in [-0.1, -0.05) is 24.6 Å². The topological polar surface area (TPSA) is 57.2 Å². The molecule has 1 aromatic carbocycles. The zero-order valence-corrected chi connectivity index (χ0v) is 10.3. The van der Waals surface area contributed by atoms with Gasteiger partial charge in [0.05, 0.1) is 11.5 Å². The fourth-order valence-corrected chi connectivity index (χ4v) is 2.81. The van der Waals surface area contributed by atoms with Gasteiger partial charge in [0.15, 0.2) is 0 Å². The Hall–Kier alpha value is -1.79. The molecule has 3 nitrogen and oxygen atoms in total. The number of aliphatic hydroxyl groups excluding tert-OH is 1. The third kappa shape index (κ3) is 1.39. The smallest absolute Gasteiger partial charge is 0.134 e. The number of furan rings is 1. The summed E-state index contributed by atoms with van der Waals surface area (Å²) >= 11 is 0. The molecule has 0 spiro atoms. The number of hydrogen-bond acceptors (Lipinski definition) is 3. The van der Waals surface area contributed by atoms with Crippen LogP contribution in [0.2, 0.25) is 0 Å². The van der Waals surface area contributed by atoms with E-state index in [2.05, 4.69) is 6.07 Å². The molecule has 1 aromatic heterocycles. The lowest BCUT2D eigenvalue weighted by Crippen LogP contribution is -2.34. The molecule has 2 aromatic rings. The summed E-state index contributed by atoms with van der Waals surface area (Å²) in [5.74, 6) is 0.713. The van der Waals surface area contributed by atoms with E-state index in [1.54, 1.807) is 0 Å². The monoisotopic (exact) mass is 241 g/mol. The molecule has 0 amide bonds. The van der Waals surface area contributed by atoms with Gasteiger partial charge in [-0.05, 0) is 25.8 Å². The molecule has 0 saturated heterocycles. The van der Waals surface area contributed by atoms with Crippen molar-refractivity contribution < 1.29 is 9.52 Å². The van der Waals surface area contributed by atoms with Gasteiger partial charge in [-0.25, -0.2) is 0 Å². The first-order chi connectivity index (χ1) is 8.68. The SMILES string of the molecule is Cc1oc2ccccc2c1C(O)C1(C#N)CCC1. The fraction of sp³-hybridized carbons (Fsp3) is 0.400. The number of aliphatic hydroxyl groups is 1. The number of rotatable bonds is 2. The van der Waals surface area contributed by atoms with Gasteiger partial charge in [-0.3, -0.25) is 0 Å². The second-order valence-corrected chi connectivity index (χ2v) is 5.09. The molecule has 18 heavy (non-hydrogen) atoms. The van der Waals surface area contributed by atoms with Crippen molar-refractivity contribution in [2.75, 3.05) is 0 Å². The van der Waals surface area contributed by atoms with E-state index in [0.717, 1.165) is 35.8 Å². The van der Waals surface area contributed by atoms with Crippen molar-refractivity contribution in [2.45, 2.75) is 32.3 Å². The first kappa shape index (κ1) is 11.3. The molecule has 0 radical (unpaired) electrons. The van der Waals surface area contributed by atoms with Crippen molar-refractivity contribution in [3.05, 3.63) is 35.6 Å². The molecule has 0 bridgehead atoms. The molecule has 92 valence electrons. The van der Waals surface area contributed by atoms with Crippen LogP contribution in [0.15, 0.2) is 28.7 Å². The molecule has 1 fully saturated rings. The summed E-state index contributed by atoms with van der Waals surface area (Å²) in [5, 5.41) is 20.8. The van der Waals surface area contributed by atoms with Crippen molar-refractivity contribution in [1.29, 1.82) is 5.26 Å². The van der Waals surface area contributed by atoms with Crippen LogP contribution in [-0.4, -0.2) is 5.11 Å². The van der Waals surface area contributed by atoms with E-state index in [-0.39, 0.29) is 0 Å². The van der Waals surface area contributed by atoms with Gasteiger partial charge in [0, 0.05) is 10.9 Å². The van der Waals surface area contributed by atoms with Crippen molar-refractivity contribution >= 4 is 11.0 Å². The lowest BCUT2D eigenvalue weighted by atomic mass is 9.64. The van der Waals surface area contributed by atoms with E-state index in [1.807, 2.05) is 31.2 Å². The van der Waals surface area contributed by atoms with Gasteiger partial charge in [0.2, 0.25) is 0 Å². The molecule has 1 atom stereocenters. The number of aryl methyl sites for hydroxylation is 1. The molecular weight excluding hydrogens is 226 g/mol. The number of para-hydroxylation sites is 1. The highest BCUT2D eigenvalue weighted by Gasteiger charge is 2.46. The largest absolute Gasteiger partial charge is 0.461 e. The Kier molecular flexibility index (Phi) is 2.42. The molecule has 1 aliphatic rings. The lowest BCUT2D eigenvalue weighted by molar-refractivity contribution is 0.00789. The maximum absolute atomic E-state index is 10.6. The summed E-state index contributed by atoms with van der Waals surface area (Å²) in [6.07, 6.45) is 1.80. The molecule has 3 rings (SSSR count). The Balaban J connectivity index is 2.14. The first-order valence-electron chi connectivity index (χ1n) is 6.25. The van der Waals surface area contributed by atoms with Gasteiger partial charge < -0.3 is 9.52 Å². The third-order valence-corrected chi connectivity index (χ3v) is 4.08. The van der Waals surface area contributed by atoms with Crippen LogP contribution in [0.5, 0.6) is 0 Å². The number of hydrogen-bond donors (Lipinski definition) is 1. The van der Waals surface area contributed by atoms with E-state index in [0.29, 0.717) is 5.76 Å². The Morgan fingerprint density at radius 2 is 2.11 bits per heavy atom. The molecule has 1 unspecified atom stereocenters. The summed E-state index contributed by atoms with van der Waals surface area (Å²) in [6.45, 7) is 1.85. The Morgan fingerprint density at radius 3 is 2.72 bits per heavy atom. The zero-order chi connectivity index (χ0) is 12.8. The van der Waals surface area contributed by atoms with Crippen LogP contribution in [0.25, 0.3) is 11.0 Å². The second kappa shape index (κ2) is 3.86. The maximum atomic E-state index is 10.6. The van der Waals surface area contributed by atoms with Crippen LogP contribution in [0.3, 0.4) is 0 Å². The quantitative estimate of drug-likeness (QED) is 0.875. The van der Waals surface area contributed by atoms with Crippen LogP contribution in [0, 0.1) is 23.7 Å². The van der Waals surface area contributed by atoms with E-state index in [1.165, 1.54) is 0 Å². The lowest BCUT2D eigenvalue weighted by Gasteiger charge is -2.39. The fourth-order valence-electron chi connectivity index (χ4n) is 2.81. The average molecular weight is 241 g/mol. The second-order valence-electron chi connectivity index (χ2n) is 5.09. The predicted molar refractivity (Wildman–Crippen MR) is 67.8 cm³/mol. The Bertz CT molecular complexity index is 631. The van der Waals surface area contributed by atoms with Crippen molar-refractivity contribution in [3.63, 3.8) is 0 Å². The highest BCUT2D eigenvalue weighted by molar-refractivity contribution is 5.82. The number of nitrogens with zero attached hydrogens (tertiary/aromatic N) is 1. The number of benzene rings is 1. The summed E-state index contributed by atoms with van der Waals surface area (Å²) in [4.78, 5) is 0. The minimum atomic E-state index is -0.750. The molecule has 1 N–H and O–H groups in total. The molecule has 3 heteroatoms. The minimum absolute atomic E-state index is 0.614. The van der Waals surface area contributed by atoms with Crippen LogP contribution < -0.4 is 0 Å². The van der Waals surface area contributed by atoms with Crippen LogP contribution in [-0.2, 0) is 0 Å². The number of nitriles is 1. The van der Waals surface area contributed by atoms with Crippen molar-refractivity contribution in [2.24, 2.45) is 5.41 Å². The zero-order valence-electron chi connectivity index (χ0n) is 10.3. The minimum Gasteiger partial charge on any atom is -0.461 e.